The summed E-state index contributed by atoms with van der Waals surface area (Å²) >= 11 is 1.67. The number of amides is 1. The summed E-state index contributed by atoms with van der Waals surface area (Å²) in [6.45, 7) is 0.638. The molecule has 2 aromatic rings. The highest BCUT2D eigenvalue weighted by Gasteiger charge is 2.08. The molecular weight excluding hydrogens is 256 g/mol. The molecule has 1 aromatic heterocycles. The molecule has 0 aliphatic rings. The van der Waals surface area contributed by atoms with Crippen LogP contribution in [0.3, 0.4) is 0 Å². The van der Waals surface area contributed by atoms with Crippen LogP contribution < -0.4 is 11.1 Å². The van der Waals surface area contributed by atoms with E-state index in [-0.39, 0.29) is 5.91 Å². The van der Waals surface area contributed by atoms with Crippen molar-refractivity contribution < 1.29 is 4.79 Å². The van der Waals surface area contributed by atoms with Crippen LogP contribution in [0.5, 0.6) is 0 Å². The van der Waals surface area contributed by atoms with Crippen molar-refractivity contribution in [3.63, 3.8) is 0 Å². The smallest absolute Gasteiger partial charge is 0.224 e. The molecule has 3 nitrogen and oxygen atoms in total. The normalized spacial score (nSPS) is 10.4. The summed E-state index contributed by atoms with van der Waals surface area (Å²) in [5.74, 6) is 0.0532. The Morgan fingerprint density at radius 3 is 2.74 bits per heavy atom. The molecule has 100 valence electrons. The second kappa shape index (κ2) is 7.07. The van der Waals surface area contributed by atoms with E-state index in [1.807, 2.05) is 35.7 Å². The molecule has 4 heteroatoms. The number of unbranched alkanes of at least 4 members (excludes halogenated alkanes) is 1. The zero-order chi connectivity index (χ0) is 13.5. The van der Waals surface area contributed by atoms with Crippen LogP contribution in [0.4, 0.5) is 5.69 Å². The highest BCUT2D eigenvalue weighted by Crippen LogP contribution is 2.31. The van der Waals surface area contributed by atoms with Crippen LogP contribution in [0.1, 0.15) is 19.3 Å². The minimum absolute atomic E-state index is 0.0532. The van der Waals surface area contributed by atoms with E-state index in [2.05, 4.69) is 11.4 Å². The first-order chi connectivity index (χ1) is 9.31. The number of para-hydroxylation sites is 1. The van der Waals surface area contributed by atoms with Gasteiger partial charge < -0.3 is 11.1 Å². The SMILES string of the molecule is NCCCCC(=O)Nc1ccccc1-c1cccs1. The number of hydrogen-bond acceptors (Lipinski definition) is 3. The standard InChI is InChI=1S/C15H18N2OS/c16-10-4-3-9-15(18)17-13-7-2-1-6-12(13)14-8-5-11-19-14/h1-2,5-8,11H,3-4,9-10,16H2,(H,17,18). The van der Waals surface area contributed by atoms with Gasteiger partial charge in [-0.2, -0.15) is 0 Å². The molecule has 1 aromatic carbocycles. The van der Waals surface area contributed by atoms with Crippen molar-refractivity contribution >= 4 is 22.9 Å². The van der Waals surface area contributed by atoms with Gasteiger partial charge in [-0.15, -0.1) is 11.3 Å². The Hall–Kier alpha value is -1.65. The number of carbonyl (C=O) groups is 1. The van der Waals surface area contributed by atoms with Gasteiger partial charge in [0.1, 0.15) is 0 Å². The summed E-state index contributed by atoms with van der Waals surface area (Å²) in [7, 11) is 0. The number of nitrogens with one attached hydrogen (secondary N) is 1. The van der Waals surface area contributed by atoms with Gasteiger partial charge in [0.25, 0.3) is 0 Å². The third-order valence-electron chi connectivity index (χ3n) is 2.85. The van der Waals surface area contributed by atoms with Gasteiger partial charge in [0, 0.05) is 22.5 Å². The van der Waals surface area contributed by atoms with Crippen molar-refractivity contribution in [1.82, 2.24) is 0 Å². The van der Waals surface area contributed by atoms with Crippen molar-refractivity contribution in [2.45, 2.75) is 19.3 Å². The Morgan fingerprint density at radius 2 is 2.00 bits per heavy atom. The minimum atomic E-state index is 0.0532. The van der Waals surface area contributed by atoms with Crippen molar-refractivity contribution in [2.24, 2.45) is 5.73 Å². The van der Waals surface area contributed by atoms with E-state index in [1.54, 1.807) is 11.3 Å². The molecule has 0 saturated carbocycles. The molecule has 0 fully saturated rings. The number of benzene rings is 1. The van der Waals surface area contributed by atoms with Crippen LogP contribution in [0.25, 0.3) is 10.4 Å². The molecule has 0 saturated heterocycles. The first-order valence-corrected chi connectivity index (χ1v) is 7.32. The highest BCUT2D eigenvalue weighted by molar-refractivity contribution is 7.13. The van der Waals surface area contributed by atoms with E-state index in [0.717, 1.165) is 29.0 Å². The molecule has 0 aliphatic heterocycles. The molecule has 1 amide bonds. The van der Waals surface area contributed by atoms with Gasteiger partial charge in [-0.05, 0) is 36.9 Å². The molecule has 0 atom stereocenters. The van der Waals surface area contributed by atoms with Gasteiger partial charge in [0.15, 0.2) is 0 Å². The Morgan fingerprint density at radius 1 is 1.16 bits per heavy atom. The lowest BCUT2D eigenvalue weighted by molar-refractivity contribution is -0.116. The van der Waals surface area contributed by atoms with Gasteiger partial charge in [0.2, 0.25) is 5.91 Å². The maximum Gasteiger partial charge on any atom is 0.224 e. The topological polar surface area (TPSA) is 55.1 Å². The van der Waals surface area contributed by atoms with Crippen LogP contribution in [-0.2, 0) is 4.79 Å². The van der Waals surface area contributed by atoms with Crippen LogP contribution >= 0.6 is 11.3 Å². The molecule has 0 unspecified atom stereocenters. The average Bonchev–Trinajstić information content (AvgIpc) is 2.93. The number of thiophene rings is 1. The summed E-state index contributed by atoms with van der Waals surface area (Å²) in [4.78, 5) is 13.0. The third-order valence-corrected chi connectivity index (χ3v) is 3.75. The lowest BCUT2D eigenvalue weighted by atomic mass is 10.1. The van der Waals surface area contributed by atoms with E-state index in [1.165, 1.54) is 0 Å². The molecule has 19 heavy (non-hydrogen) atoms. The van der Waals surface area contributed by atoms with Crippen molar-refractivity contribution in [2.75, 3.05) is 11.9 Å². The zero-order valence-electron chi connectivity index (χ0n) is 10.8. The predicted molar refractivity (Wildman–Crippen MR) is 81.3 cm³/mol. The number of nitrogens with two attached hydrogens (primary N) is 1. The quantitative estimate of drug-likeness (QED) is 0.792. The lowest BCUT2D eigenvalue weighted by Crippen LogP contribution is -2.12. The molecule has 3 N–H and O–H groups in total. The summed E-state index contributed by atoms with van der Waals surface area (Å²) in [6.07, 6.45) is 2.25. The minimum Gasteiger partial charge on any atom is -0.330 e. The molecule has 1 heterocycles. The predicted octanol–water partition coefficient (Wildman–Crippen LogP) is 3.48. The molecule has 0 aliphatic carbocycles. The second-order valence-electron chi connectivity index (χ2n) is 4.32. The van der Waals surface area contributed by atoms with Crippen molar-refractivity contribution in [3.05, 3.63) is 41.8 Å². The number of anilines is 1. The molecule has 0 spiro atoms. The Balaban J connectivity index is 2.06. The van der Waals surface area contributed by atoms with Crippen LogP contribution in [-0.4, -0.2) is 12.5 Å². The number of hydrogen-bond donors (Lipinski definition) is 2. The van der Waals surface area contributed by atoms with Crippen molar-refractivity contribution in [3.8, 4) is 10.4 Å². The van der Waals surface area contributed by atoms with E-state index in [4.69, 9.17) is 5.73 Å². The fourth-order valence-electron chi connectivity index (χ4n) is 1.88. The van der Waals surface area contributed by atoms with Crippen molar-refractivity contribution in [1.29, 1.82) is 0 Å². The van der Waals surface area contributed by atoms with E-state index in [0.29, 0.717) is 13.0 Å². The lowest BCUT2D eigenvalue weighted by Gasteiger charge is -2.09. The largest absolute Gasteiger partial charge is 0.330 e. The zero-order valence-corrected chi connectivity index (χ0v) is 11.6. The Labute approximate surface area is 117 Å². The van der Waals surface area contributed by atoms with Gasteiger partial charge in [-0.25, -0.2) is 0 Å². The maximum atomic E-state index is 11.9. The van der Waals surface area contributed by atoms with Gasteiger partial charge >= 0.3 is 0 Å². The fraction of sp³-hybridized carbons (Fsp3) is 0.267. The van der Waals surface area contributed by atoms with E-state index in [9.17, 15) is 4.79 Å². The van der Waals surface area contributed by atoms with Gasteiger partial charge in [-0.3, -0.25) is 4.79 Å². The maximum absolute atomic E-state index is 11.9. The van der Waals surface area contributed by atoms with Crippen LogP contribution in [0, 0.1) is 0 Å². The number of rotatable bonds is 6. The van der Waals surface area contributed by atoms with Crippen LogP contribution in [0.15, 0.2) is 41.8 Å². The summed E-state index contributed by atoms with van der Waals surface area (Å²) in [5, 5.41) is 5.02. The number of carbonyl (C=O) groups excluding carboxylic acids is 1. The molecule has 0 bridgehead atoms. The summed E-state index contributed by atoms with van der Waals surface area (Å²) in [5.41, 5.74) is 7.38. The Bertz CT molecular complexity index is 523. The first-order valence-electron chi connectivity index (χ1n) is 6.44. The fourth-order valence-corrected chi connectivity index (χ4v) is 2.65. The Kier molecular flexibility index (Phi) is 5.12. The molecular formula is C15H18N2OS. The summed E-state index contributed by atoms with van der Waals surface area (Å²) in [6, 6.07) is 12.0. The van der Waals surface area contributed by atoms with E-state index < -0.39 is 0 Å². The van der Waals surface area contributed by atoms with Crippen LogP contribution in [0.2, 0.25) is 0 Å². The monoisotopic (exact) mass is 274 g/mol. The highest BCUT2D eigenvalue weighted by atomic mass is 32.1. The van der Waals surface area contributed by atoms with Gasteiger partial charge in [-0.1, -0.05) is 24.3 Å². The molecule has 0 radical (unpaired) electrons. The molecule has 2 rings (SSSR count). The first kappa shape index (κ1) is 13.8. The second-order valence-corrected chi connectivity index (χ2v) is 5.26. The van der Waals surface area contributed by atoms with E-state index >= 15 is 0 Å². The van der Waals surface area contributed by atoms with Gasteiger partial charge in [0.05, 0.1) is 0 Å². The summed E-state index contributed by atoms with van der Waals surface area (Å²) < 4.78 is 0. The third kappa shape index (κ3) is 3.91. The average molecular weight is 274 g/mol.